The summed E-state index contributed by atoms with van der Waals surface area (Å²) in [6, 6.07) is 1.21. The van der Waals surface area contributed by atoms with Crippen molar-refractivity contribution in [2.75, 3.05) is 0 Å². The Kier molecular flexibility index (Phi) is 5.13. The molecule has 0 aromatic carbocycles. The number of amides is 1. The van der Waals surface area contributed by atoms with Gasteiger partial charge < -0.3 is 10.6 Å². The molecule has 0 bridgehead atoms. The average molecular weight is 287 g/mol. The highest BCUT2D eigenvalue weighted by molar-refractivity contribution is 5.85. The van der Waals surface area contributed by atoms with E-state index in [1.54, 1.807) is 0 Å². The third-order valence-corrected chi connectivity index (χ3v) is 5.09. The summed E-state index contributed by atoms with van der Waals surface area (Å²) in [4.78, 5) is 12.2. The predicted octanol–water partition coefficient (Wildman–Crippen LogP) is 2.63. The smallest absolute Gasteiger partial charge is 0.237 e. The van der Waals surface area contributed by atoms with Gasteiger partial charge >= 0.3 is 0 Å². The Morgan fingerprint density at radius 3 is 2.79 bits per heavy atom. The number of carbonyl (C=O) groups excluding carboxylic acids is 1. The summed E-state index contributed by atoms with van der Waals surface area (Å²) < 4.78 is 0. The molecule has 1 saturated heterocycles. The molecule has 2 N–H and O–H groups in total. The minimum atomic E-state index is 0. The molecule has 5 atom stereocenters. The molecular formula is C15H27ClN2O. The molecule has 2 aliphatic carbocycles. The molecule has 19 heavy (non-hydrogen) atoms. The van der Waals surface area contributed by atoms with Gasteiger partial charge in [0, 0.05) is 12.1 Å². The predicted molar refractivity (Wildman–Crippen MR) is 79.5 cm³/mol. The van der Waals surface area contributed by atoms with Gasteiger partial charge in [-0.15, -0.1) is 12.4 Å². The number of fused-ring (bicyclic) bond motifs is 1. The highest BCUT2D eigenvalue weighted by Crippen LogP contribution is 2.36. The summed E-state index contributed by atoms with van der Waals surface area (Å²) in [6.07, 6.45) is 10.1. The fraction of sp³-hybridized carbons (Fsp3) is 0.933. The summed E-state index contributed by atoms with van der Waals surface area (Å²) >= 11 is 0. The second-order valence-corrected chi connectivity index (χ2v) is 6.51. The normalized spacial score (nSPS) is 40.2. The summed E-state index contributed by atoms with van der Waals surface area (Å²) in [5.41, 5.74) is 0. The van der Waals surface area contributed by atoms with Gasteiger partial charge in [0.25, 0.3) is 0 Å². The van der Waals surface area contributed by atoms with Crippen LogP contribution in [0.15, 0.2) is 0 Å². The van der Waals surface area contributed by atoms with E-state index in [0.717, 1.165) is 18.3 Å². The average Bonchev–Trinajstić information content (AvgIpc) is 2.94. The minimum absolute atomic E-state index is 0. The Morgan fingerprint density at radius 1 is 1.26 bits per heavy atom. The number of rotatable bonds is 4. The molecule has 1 amide bonds. The Balaban J connectivity index is 0.00000133. The number of carbonyl (C=O) groups is 1. The lowest BCUT2D eigenvalue weighted by molar-refractivity contribution is -0.123. The molecule has 110 valence electrons. The lowest BCUT2D eigenvalue weighted by atomic mass is 9.85. The summed E-state index contributed by atoms with van der Waals surface area (Å²) in [5, 5.41) is 6.80. The molecule has 3 aliphatic rings. The third kappa shape index (κ3) is 3.43. The first kappa shape index (κ1) is 15.1. The molecule has 0 radical (unpaired) electrons. The van der Waals surface area contributed by atoms with Crippen molar-refractivity contribution in [1.29, 1.82) is 0 Å². The van der Waals surface area contributed by atoms with E-state index in [0.29, 0.717) is 12.1 Å². The van der Waals surface area contributed by atoms with Crippen molar-refractivity contribution in [3.05, 3.63) is 0 Å². The summed E-state index contributed by atoms with van der Waals surface area (Å²) in [7, 11) is 0. The van der Waals surface area contributed by atoms with Crippen molar-refractivity contribution in [3.63, 3.8) is 0 Å². The molecule has 0 aromatic rings. The van der Waals surface area contributed by atoms with Crippen LogP contribution in [0.25, 0.3) is 0 Å². The third-order valence-electron chi connectivity index (χ3n) is 5.09. The van der Waals surface area contributed by atoms with E-state index in [9.17, 15) is 4.79 Å². The van der Waals surface area contributed by atoms with E-state index in [1.165, 1.54) is 44.9 Å². The molecule has 1 heterocycles. The number of nitrogens with one attached hydrogen (secondary N) is 2. The molecule has 1 aliphatic heterocycles. The maximum Gasteiger partial charge on any atom is 0.237 e. The first-order valence-corrected chi connectivity index (χ1v) is 7.84. The number of hydrogen-bond acceptors (Lipinski definition) is 2. The summed E-state index contributed by atoms with van der Waals surface area (Å²) in [5.74, 6) is 1.80. The van der Waals surface area contributed by atoms with Gasteiger partial charge in [-0.2, -0.15) is 0 Å². The van der Waals surface area contributed by atoms with Crippen LogP contribution in [0.5, 0.6) is 0 Å². The molecule has 3 rings (SSSR count). The van der Waals surface area contributed by atoms with Crippen molar-refractivity contribution < 1.29 is 4.79 Å². The van der Waals surface area contributed by atoms with Crippen LogP contribution in [0.1, 0.15) is 58.3 Å². The maximum absolute atomic E-state index is 12.2. The second kappa shape index (κ2) is 6.45. The van der Waals surface area contributed by atoms with Crippen LogP contribution in [-0.4, -0.2) is 24.0 Å². The van der Waals surface area contributed by atoms with Crippen molar-refractivity contribution in [3.8, 4) is 0 Å². The van der Waals surface area contributed by atoms with E-state index in [2.05, 4.69) is 17.6 Å². The zero-order valence-corrected chi connectivity index (χ0v) is 12.7. The van der Waals surface area contributed by atoms with Gasteiger partial charge in [0.15, 0.2) is 0 Å². The van der Waals surface area contributed by atoms with Gasteiger partial charge in [-0.05, 0) is 43.9 Å². The number of hydrogen-bond donors (Lipinski definition) is 2. The molecule has 2 saturated carbocycles. The van der Waals surface area contributed by atoms with E-state index in [4.69, 9.17) is 0 Å². The van der Waals surface area contributed by atoms with Crippen LogP contribution in [0.3, 0.4) is 0 Å². The fourth-order valence-corrected chi connectivity index (χ4v) is 3.92. The van der Waals surface area contributed by atoms with Gasteiger partial charge in [-0.1, -0.05) is 26.2 Å². The van der Waals surface area contributed by atoms with Crippen molar-refractivity contribution in [1.82, 2.24) is 10.6 Å². The minimum Gasteiger partial charge on any atom is -0.352 e. The molecule has 3 fully saturated rings. The first-order chi connectivity index (χ1) is 8.78. The highest BCUT2D eigenvalue weighted by Gasteiger charge is 2.42. The second-order valence-electron chi connectivity index (χ2n) is 6.51. The Hall–Kier alpha value is -0.280. The van der Waals surface area contributed by atoms with Gasteiger partial charge in [0.1, 0.15) is 0 Å². The summed E-state index contributed by atoms with van der Waals surface area (Å²) in [6.45, 7) is 2.22. The van der Waals surface area contributed by atoms with Gasteiger partial charge in [0.05, 0.1) is 6.04 Å². The Labute approximate surface area is 122 Å². The van der Waals surface area contributed by atoms with Crippen LogP contribution < -0.4 is 10.6 Å². The van der Waals surface area contributed by atoms with Crippen molar-refractivity contribution in [2.24, 2.45) is 11.8 Å². The van der Waals surface area contributed by atoms with Crippen LogP contribution in [0.4, 0.5) is 0 Å². The molecule has 0 spiro atoms. The van der Waals surface area contributed by atoms with Crippen molar-refractivity contribution >= 4 is 18.3 Å². The monoisotopic (exact) mass is 286 g/mol. The molecule has 4 heteroatoms. The maximum atomic E-state index is 12.2. The van der Waals surface area contributed by atoms with Crippen LogP contribution >= 0.6 is 12.4 Å². The quantitative estimate of drug-likeness (QED) is 0.834. The van der Waals surface area contributed by atoms with Gasteiger partial charge in [-0.3, -0.25) is 4.79 Å². The van der Waals surface area contributed by atoms with Crippen LogP contribution in [-0.2, 0) is 4.79 Å². The first-order valence-electron chi connectivity index (χ1n) is 7.84. The lowest BCUT2D eigenvalue weighted by Gasteiger charge is -2.24. The molecule has 0 aromatic heterocycles. The van der Waals surface area contributed by atoms with E-state index < -0.39 is 0 Å². The SMILES string of the molecule is CCCC1CC1NC(=O)C1CC2CCCCC2N1.Cl. The van der Waals surface area contributed by atoms with E-state index >= 15 is 0 Å². The highest BCUT2D eigenvalue weighted by atomic mass is 35.5. The van der Waals surface area contributed by atoms with E-state index in [1.807, 2.05) is 0 Å². The zero-order chi connectivity index (χ0) is 12.5. The van der Waals surface area contributed by atoms with Crippen molar-refractivity contribution in [2.45, 2.75) is 76.4 Å². The van der Waals surface area contributed by atoms with Crippen LogP contribution in [0.2, 0.25) is 0 Å². The fourth-order valence-electron chi connectivity index (χ4n) is 3.92. The number of halogens is 1. The van der Waals surface area contributed by atoms with Gasteiger partial charge in [-0.25, -0.2) is 0 Å². The zero-order valence-electron chi connectivity index (χ0n) is 11.9. The molecule has 3 nitrogen and oxygen atoms in total. The molecular weight excluding hydrogens is 260 g/mol. The Bertz CT molecular complexity index is 309. The molecule has 5 unspecified atom stereocenters. The lowest BCUT2D eigenvalue weighted by Crippen LogP contribution is -2.44. The van der Waals surface area contributed by atoms with Gasteiger partial charge in [0.2, 0.25) is 5.91 Å². The topological polar surface area (TPSA) is 41.1 Å². The Morgan fingerprint density at radius 2 is 2.05 bits per heavy atom. The van der Waals surface area contributed by atoms with E-state index in [-0.39, 0.29) is 24.4 Å². The largest absolute Gasteiger partial charge is 0.352 e. The standard InChI is InChI=1S/C15H26N2O.ClH/c1-2-5-10-8-13(10)17-15(18)14-9-11-6-3-4-7-12(11)16-14;/h10-14,16H,2-9H2,1H3,(H,17,18);1H. The van der Waals surface area contributed by atoms with Crippen LogP contribution in [0, 0.1) is 11.8 Å².